The molecule has 23 heavy (non-hydrogen) atoms. The number of phenols is 1. The van der Waals surface area contributed by atoms with Crippen LogP contribution in [0.4, 0.5) is 0 Å². The third kappa shape index (κ3) is 2.03. The van der Waals surface area contributed by atoms with Crippen molar-refractivity contribution >= 4 is 0 Å². The lowest BCUT2D eigenvalue weighted by molar-refractivity contribution is -0.0343. The summed E-state index contributed by atoms with van der Waals surface area (Å²) in [6.07, 6.45) is 10.9. The first-order valence-electron chi connectivity index (χ1n) is 9.77. The third-order valence-electron chi connectivity index (χ3n) is 7.69. The molecule has 1 heterocycles. The van der Waals surface area contributed by atoms with Gasteiger partial charge >= 0.3 is 0 Å². The number of rotatable bonds is 2. The molecule has 3 unspecified atom stereocenters. The zero-order chi connectivity index (χ0) is 15.6. The molecular weight excluding hydrogens is 282 g/mol. The minimum atomic E-state index is 0.370. The molecule has 0 spiro atoms. The van der Waals surface area contributed by atoms with Crippen LogP contribution in [-0.2, 0) is 11.8 Å². The van der Waals surface area contributed by atoms with Crippen LogP contribution in [0.25, 0.3) is 0 Å². The molecule has 4 aliphatic rings. The van der Waals surface area contributed by atoms with Gasteiger partial charge in [-0.25, -0.2) is 0 Å². The molecule has 4 atom stereocenters. The molecule has 1 aliphatic heterocycles. The number of nitrogens with zero attached hydrogens (tertiary/aromatic N) is 1. The first kappa shape index (κ1) is 14.3. The summed E-state index contributed by atoms with van der Waals surface area (Å²) in [6, 6.07) is 7.76. The second-order valence-corrected chi connectivity index (χ2v) is 8.69. The lowest BCUT2D eigenvalue weighted by Crippen LogP contribution is -2.62. The highest BCUT2D eigenvalue weighted by atomic mass is 16.3. The van der Waals surface area contributed by atoms with Crippen LogP contribution in [0.15, 0.2) is 18.2 Å². The Morgan fingerprint density at radius 2 is 2.04 bits per heavy atom. The lowest BCUT2D eigenvalue weighted by Gasteiger charge is -2.60. The Morgan fingerprint density at radius 3 is 2.87 bits per heavy atom. The van der Waals surface area contributed by atoms with E-state index in [0.717, 1.165) is 23.9 Å². The summed E-state index contributed by atoms with van der Waals surface area (Å²) >= 11 is 0. The predicted molar refractivity (Wildman–Crippen MR) is 92.7 cm³/mol. The van der Waals surface area contributed by atoms with Gasteiger partial charge in [0.05, 0.1) is 0 Å². The standard InChI is InChI=1S/C21H29NO/c1-14(15-5-6-15)22-11-10-21-9-3-2-4-18(21)20(22)12-16-7-8-17(23)13-19(16)21/h7-8,13-15,18,20,23H,2-6,9-12H2,1H3/t14-,18?,20?,21?/m1/s1. The van der Waals surface area contributed by atoms with Crippen molar-refractivity contribution in [3.8, 4) is 5.75 Å². The van der Waals surface area contributed by atoms with Crippen LogP contribution < -0.4 is 0 Å². The van der Waals surface area contributed by atoms with E-state index in [9.17, 15) is 5.11 Å². The quantitative estimate of drug-likeness (QED) is 0.882. The highest BCUT2D eigenvalue weighted by Gasteiger charge is 2.55. The fourth-order valence-corrected chi connectivity index (χ4v) is 6.38. The first-order valence-corrected chi connectivity index (χ1v) is 9.77. The fraction of sp³-hybridized carbons (Fsp3) is 0.714. The van der Waals surface area contributed by atoms with E-state index >= 15 is 0 Å². The molecule has 2 nitrogen and oxygen atoms in total. The second kappa shape index (κ2) is 4.99. The number of piperidine rings is 1. The molecule has 1 aromatic carbocycles. The lowest BCUT2D eigenvalue weighted by atomic mass is 9.52. The van der Waals surface area contributed by atoms with Gasteiger partial charge in [0.1, 0.15) is 5.75 Å². The molecule has 0 radical (unpaired) electrons. The van der Waals surface area contributed by atoms with Gasteiger partial charge in [0.2, 0.25) is 0 Å². The maximum absolute atomic E-state index is 10.1. The molecule has 0 amide bonds. The van der Waals surface area contributed by atoms with Crippen LogP contribution in [0.2, 0.25) is 0 Å². The summed E-state index contributed by atoms with van der Waals surface area (Å²) in [5.41, 5.74) is 3.41. The summed E-state index contributed by atoms with van der Waals surface area (Å²) in [6.45, 7) is 3.76. The maximum atomic E-state index is 10.1. The largest absolute Gasteiger partial charge is 0.508 e. The molecule has 1 aromatic rings. The van der Waals surface area contributed by atoms with Crippen molar-refractivity contribution in [2.75, 3.05) is 6.54 Å². The molecule has 5 rings (SSSR count). The first-order chi connectivity index (χ1) is 11.2. The van der Waals surface area contributed by atoms with E-state index in [1.165, 1.54) is 69.0 Å². The van der Waals surface area contributed by atoms with Crippen LogP contribution >= 0.6 is 0 Å². The summed E-state index contributed by atoms with van der Waals surface area (Å²) < 4.78 is 0. The molecule has 0 aromatic heterocycles. The predicted octanol–water partition coefficient (Wildman–Crippen LogP) is 4.25. The summed E-state index contributed by atoms with van der Waals surface area (Å²) in [7, 11) is 0. The van der Waals surface area contributed by atoms with Gasteiger partial charge in [-0.15, -0.1) is 0 Å². The summed E-state index contributed by atoms with van der Waals surface area (Å²) in [5, 5.41) is 10.1. The minimum absolute atomic E-state index is 0.370. The Kier molecular flexibility index (Phi) is 3.11. The van der Waals surface area contributed by atoms with Gasteiger partial charge in [0.15, 0.2) is 0 Å². The van der Waals surface area contributed by atoms with Crippen molar-refractivity contribution in [1.29, 1.82) is 0 Å². The Morgan fingerprint density at radius 1 is 1.17 bits per heavy atom. The van der Waals surface area contributed by atoms with Crippen molar-refractivity contribution in [3.63, 3.8) is 0 Å². The van der Waals surface area contributed by atoms with Crippen molar-refractivity contribution in [2.45, 2.75) is 75.8 Å². The number of hydrogen-bond donors (Lipinski definition) is 1. The third-order valence-corrected chi connectivity index (χ3v) is 7.69. The molecule has 3 aliphatic carbocycles. The molecule has 3 fully saturated rings. The molecule has 2 heteroatoms. The molecule has 2 saturated carbocycles. The van der Waals surface area contributed by atoms with Gasteiger partial charge in [-0.05, 0) is 87.1 Å². The van der Waals surface area contributed by atoms with Gasteiger partial charge < -0.3 is 5.11 Å². The van der Waals surface area contributed by atoms with E-state index < -0.39 is 0 Å². The summed E-state index contributed by atoms with van der Waals surface area (Å²) in [4.78, 5) is 2.89. The fourth-order valence-electron chi connectivity index (χ4n) is 6.38. The van der Waals surface area contributed by atoms with E-state index in [4.69, 9.17) is 0 Å². The van der Waals surface area contributed by atoms with E-state index in [-0.39, 0.29) is 0 Å². The van der Waals surface area contributed by atoms with Crippen molar-refractivity contribution in [2.24, 2.45) is 11.8 Å². The number of likely N-dealkylation sites (tertiary alicyclic amines) is 1. The van der Waals surface area contributed by atoms with Gasteiger partial charge in [0.25, 0.3) is 0 Å². The minimum Gasteiger partial charge on any atom is -0.508 e. The number of phenolic OH excluding ortho intramolecular Hbond substituents is 1. The average Bonchev–Trinajstić information content (AvgIpc) is 3.40. The van der Waals surface area contributed by atoms with Gasteiger partial charge in [-0.3, -0.25) is 4.90 Å². The molecule has 1 N–H and O–H groups in total. The zero-order valence-electron chi connectivity index (χ0n) is 14.3. The van der Waals surface area contributed by atoms with E-state index in [1.54, 1.807) is 0 Å². The Balaban J connectivity index is 1.59. The monoisotopic (exact) mass is 311 g/mol. The smallest absolute Gasteiger partial charge is 0.115 e. The molecular formula is C21H29NO. The average molecular weight is 311 g/mol. The number of benzene rings is 1. The zero-order valence-corrected chi connectivity index (χ0v) is 14.3. The molecule has 2 bridgehead atoms. The van der Waals surface area contributed by atoms with Crippen molar-refractivity contribution in [3.05, 3.63) is 29.3 Å². The van der Waals surface area contributed by atoms with Gasteiger partial charge in [-0.1, -0.05) is 18.9 Å². The van der Waals surface area contributed by atoms with Gasteiger partial charge in [-0.2, -0.15) is 0 Å². The van der Waals surface area contributed by atoms with Crippen LogP contribution in [0.3, 0.4) is 0 Å². The van der Waals surface area contributed by atoms with Gasteiger partial charge in [0, 0.05) is 17.5 Å². The van der Waals surface area contributed by atoms with E-state index in [2.05, 4.69) is 24.0 Å². The van der Waals surface area contributed by atoms with Crippen LogP contribution in [0.1, 0.15) is 63.0 Å². The summed E-state index contributed by atoms with van der Waals surface area (Å²) in [5.74, 6) is 2.25. The van der Waals surface area contributed by atoms with E-state index in [1.807, 2.05) is 6.07 Å². The molecule has 1 saturated heterocycles. The second-order valence-electron chi connectivity index (χ2n) is 8.69. The topological polar surface area (TPSA) is 23.5 Å². The number of aromatic hydroxyl groups is 1. The van der Waals surface area contributed by atoms with Crippen LogP contribution in [0, 0.1) is 11.8 Å². The van der Waals surface area contributed by atoms with Crippen molar-refractivity contribution in [1.82, 2.24) is 4.90 Å². The maximum Gasteiger partial charge on any atom is 0.115 e. The van der Waals surface area contributed by atoms with E-state index in [0.29, 0.717) is 11.2 Å². The highest BCUT2D eigenvalue weighted by Crippen LogP contribution is 2.57. The van der Waals surface area contributed by atoms with Crippen molar-refractivity contribution < 1.29 is 5.11 Å². The Bertz CT molecular complexity index is 622. The highest BCUT2D eigenvalue weighted by molar-refractivity contribution is 5.45. The normalized spacial score (nSPS) is 37.8. The van der Waals surface area contributed by atoms with Crippen LogP contribution in [-0.4, -0.2) is 28.6 Å². The SMILES string of the molecule is C[C@H](C1CC1)N1CCC23CCCCC2C1Cc1ccc(O)cc13. The number of fused-ring (bicyclic) bond motifs is 1. The Hall–Kier alpha value is -1.02. The molecule has 124 valence electrons. The number of hydrogen-bond acceptors (Lipinski definition) is 2. The Labute approximate surface area is 139 Å². The van der Waals surface area contributed by atoms with Crippen LogP contribution in [0.5, 0.6) is 5.75 Å².